The molecule has 3 aliphatic rings. The predicted molar refractivity (Wildman–Crippen MR) is 182 cm³/mol. The minimum Gasteiger partial charge on any atom is -0.460 e. The summed E-state index contributed by atoms with van der Waals surface area (Å²) in [5.74, 6) is -0.802. The number of carbonyl (C=O) groups is 4. The van der Waals surface area contributed by atoms with E-state index in [1.54, 1.807) is 64.0 Å². The van der Waals surface area contributed by atoms with Crippen LogP contribution < -0.4 is 10.6 Å². The normalized spacial score (nSPS) is 26.6. The Morgan fingerprint density at radius 1 is 1.00 bits per heavy atom. The van der Waals surface area contributed by atoms with Crippen LogP contribution in [-0.2, 0) is 23.8 Å². The lowest BCUT2D eigenvalue weighted by Gasteiger charge is -2.38. The maximum atomic E-state index is 14.2. The zero-order valence-corrected chi connectivity index (χ0v) is 29.4. The summed E-state index contributed by atoms with van der Waals surface area (Å²) in [7, 11) is 1.74. The summed E-state index contributed by atoms with van der Waals surface area (Å²) in [5, 5.41) is 6.41. The van der Waals surface area contributed by atoms with Crippen molar-refractivity contribution in [2.45, 2.75) is 109 Å². The van der Waals surface area contributed by atoms with Crippen molar-refractivity contribution in [1.29, 1.82) is 0 Å². The summed E-state index contributed by atoms with van der Waals surface area (Å²) >= 11 is 0. The number of carbonyl (C=O) groups excluding carboxylic acids is 4. The minimum atomic E-state index is -0.710. The summed E-state index contributed by atoms with van der Waals surface area (Å²) in [6.45, 7) is 7.03. The maximum Gasteiger partial charge on any atom is 0.407 e. The van der Waals surface area contributed by atoms with Crippen LogP contribution >= 0.6 is 0 Å². The van der Waals surface area contributed by atoms with Crippen molar-refractivity contribution in [2.24, 2.45) is 23.7 Å². The number of ether oxygens (including phenoxy) is 3. The molecule has 0 radical (unpaired) electrons. The van der Waals surface area contributed by atoms with Gasteiger partial charge in [-0.05, 0) is 128 Å². The number of esters is 1. The van der Waals surface area contributed by atoms with E-state index in [2.05, 4.69) is 10.6 Å². The van der Waals surface area contributed by atoms with Crippen molar-refractivity contribution in [3.05, 3.63) is 30.0 Å². The second-order valence-corrected chi connectivity index (χ2v) is 14.8. The van der Waals surface area contributed by atoms with Crippen LogP contribution in [0.15, 0.2) is 28.7 Å². The van der Waals surface area contributed by atoms with Crippen molar-refractivity contribution in [1.82, 2.24) is 10.2 Å². The second kappa shape index (κ2) is 15.9. The zero-order valence-electron chi connectivity index (χ0n) is 29.4. The van der Waals surface area contributed by atoms with Crippen molar-refractivity contribution in [3.63, 3.8) is 0 Å². The molecule has 270 valence electrons. The van der Waals surface area contributed by atoms with E-state index in [0.29, 0.717) is 54.8 Å². The van der Waals surface area contributed by atoms with Crippen LogP contribution in [0.25, 0.3) is 11.0 Å². The smallest absolute Gasteiger partial charge is 0.407 e. The van der Waals surface area contributed by atoms with Crippen LogP contribution in [0.4, 0.5) is 14.9 Å². The van der Waals surface area contributed by atoms with Crippen LogP contribution in [0.2, 0.25) is 0 Å². The van der Waals surface area contributed by atoms with E-state index in [1.165, 1.54) is 0 Å². The van der Waals surface area contributed by atoms with Gasteiger partial charge in [0.1, 0.15) is 23.9 Å². The van der Waals surface area contributed by atoms with E-state index in [4.69, 9.17) is 18.6 Å². The number of likely N-dealkylation sites (tertiary alicyclic amines) is 1. The summed E-state index contributed by atoms with van der Waals surface area (Å²) < 4.78 is 35.7. The van der Waals surface area contributed by atoms with Gasteiger partial charge in [0.15, 0.2) is 0 Å². The maximum absolute atomic E-state index is 14.2. The van der Waals surface area contributed by atoms with E-state index in [1.807, 2.05) is 0 Å². The molecule has 1 saturated heterocycles. The number of anilines is 1. The van der Waals surface area contributed by atoms with E-state index >= 15 is 0 Å². The van der Waals surface area contributed by atoms with Crippen molar-refractivity contribution in [3.8, 4) is 0 Å². The highest BCUT2D eigenvalue weighted by molar-refractivity contribution is 6.00. The third kappa shape index (κ3) is 8.93. The molecule has 2 saturated carbocycles. The largest absolute Gasteiger partial charge is 0.460 e. The average molecular weight is 686 g/mol. The fourth-order valence-corrected chi connectivity index (χ4v) is 8.03. The first-order chi connectivity index (χ1) is 23.4. The van der Waals surface area contributed by atoms with Gasteiger partial charge in [0.05, 0.1) is 18.8 Å². The zero-order chi connectivity index (χ0) is 35.3. The molecule has 3 fully saturated rings. The standard InChI is InChI=1S/C37H52FN3O8/c1-6-47-35(44)31-20-25-19-26(13-16-30(25)48-31)39-33(42)32-28(22-11-14-27(46-5)15-12-22)17-18-41(32)34(43)24-9-7-23(8-10-24)29(21-38)40-36(45)49-37(2,3)4/h13,16,19-20,22-24,27-29,32H,6-12,14-15,17-18,21H2,1-5H3,(H,39,42)(H,40,45)/t22?,23-,24-,27?,28-,29-,32-/m1/s1. The molecule has 3 amide bonds. The molecule has 2 N–H and O–H groups in total. The van der Waals surface area contributed by atoms with Crippen LogP contribution in [-0.4, -0.2) is 79.5 Å². The number of benzene rings is 1. The molecule has 49 heavy (non-hydrogen) atoms. The van der Waals surface area contributed by atoms with Crippen LogP contribution in [0.5, 0.6) is 0 Å². The van der Waals surface area contributed by atoms with Gasteiger partial charge in [0.25, 0.3) is 0 Å². The first-order valence-electron chi connectivity index (χ1n) is 17.8. The van der Waals surface area contributed by atoms with Crippen LogP contribution in [0.1, 0.15) is 96.0 Å². The Kier molecular flexibility index (Phi) is 11.9. The lowest BCUT2D eigenvalue weighted by Crippen LogP contribution is -2.50. The number of rotatable bonds is 10. The second-order valence-electron chi connectivity index (χ2n) is 14.8. The van der Waals surface area contributed by atoms with E-state index in [9.17, 15) is 23.6 Å². The number of halogens is 1. The van der Waals surface area contributed by atoms with Gasteiger partial charge in [-0.3, -0.25) is 9.59 Å². The molecule has 3 atom stereocenters. The minimum absolute atomic E-state index is 0.0140. The third-order valence-electron chi connectivity index (χ3n) is 10.5. The van der Waals surface area contributed by atoms with E-state index < -0.39 is 36.4 Å². The number of alkyl carbamates (subject to hydrolysis) is 1. The number of fused-ring (bicyclic) bond motifs is 1. The molecule has 1 aromatic heterocycles. The Balaban J connectivity index is 1.28. The number of nitrogens with zero attached hydrogens (tertiary/aromatic N) is 1. The molecular formula is C37H52FN3O8. The SMILES string of the molecule is CCOC(=O)c1cc2cc(NC(=O)[C@H]3[C@@H](C4CCC(OC)CC4)CCN3C(=O)[C@H]3CC[C@H]([C@@H](CF)NC(=O)OC(C)(C)C)CC3)ccc2o1. The third-order valence-corrected chi connectivity index (χ3v) is 10.5. The highest BCUT2D eigenvalue weighted by Crippen LogP contribution is 2.42. The van der Waals surface area contributed by atoms with Gasteiger partial charge in [-0.15, -0.1) is 0 Å². The van der Waals surface area contributed by atoms with Gasteiger partial charge in [-0.25, -0.2) is 14.0 Å². The molecule has 2 aliphatic carbocycles. The number of hydrogen-bond acceptors (Lipinski definition) is 8. The van der Waals surface area contributed by atoms with Crippen LogP contribution in [0.3, 0.4) is 0 Å². The van der Waals surface area contributed by atoms with Gasteiger partial charge in [0, 0.05) is 30.6 Å². The van der Waals surface area contributed by atoms with Gasteiger partial charge < -0.3 is 34.2 Å². The Hall–Kier alpha value is -3.67. The monoisotopic (exact) mass is 685 g/mol. The topological polar surface area (TPSA) is 136 Å². The summed E-state index contributed by atoms with van der Waals surface area (Å²) in [5.41, 5.74) is 0.359. The molecule has 11 nitrogen and oxygen atoms in total. The Morgan fingerprint density at radius 2 is 1.71 bits per heavy atom. The molecular weight excluding hydrogens is 633 g/mol. The number of hydrogen-bond donors (Lipinski definition) is 2. The predicted octanol–water partition coefficient (Wildman–Crippen LogP) is 6.64. The molecule has 5 rings (SSSR count). The average Bonchev–Trinajstić information content (AvgIpc) is 3.71. The molecule has 12 heteroatoms. The summed E-state index contributed by atoms with van der Waals surface area (Å²) in [4.78, 5) is 54.7. The molecule has 2 aromatic rings. The lowest BCUT2D eigenvalue weighted by atomic mass is 9.75. The van der Waals surface area contributed by atoms with Gasteiger partial charge in [-0.1, -0.05) is 0 Å². The number of furan rings is 1. The fourth-order valence-electron chi connectivity index (χ4n) is 8.03. The van der Waals surface area contributed by atoms with E-state index in [0.717, 1.165) is 32.1 Å². The highest BCUT2D eigenvalue weighted by atomic mass is 19.1. The van der Waals surface area contributed by atoms with Crippen molar-refractivity contribution < 1.29 is 42.2 Å². The molecule has 0 bridgehead atoms. The Labute approximate surface area is 287 Å². The number of amides is 3. The van der Waals surface area contributed by atoms with Crippen LogP contribution in [0, 0.1) is 23.7 Å². The molecule has 0 unspecified atom stereocenters. The number of nitrogens with one attached hydrogen (secondary N) is 2. The highest BCUT2D eigenvalue weighted by Gasteiger charge is 2.47. The van der Waals surface area contributed by atoms with Crippen molar-refractivity contribution >= 4 is 40.5 Å². The quantitative estimate of drug-likeness (QED) is 0.266. The first kappa shape index (κ1) is 36.6. The van der Waals surface area contributed by atoms with Gasteiger partial charge in [-0.2, -0.15) is 0 Å². The summed E-state index contributed by atoms with van der Waals surface area (Å²) in [6, 6.07) is 5.48. The van der Waals surface area contributed by atoms with Gasteiger partial charge >= 0.3 is 12.1 Å². The Bertz CT molecular complexity index is 1470. The fraction of sp³-hybridized carbons (Fsp3) is 0.676. The molecule has 1 aliphatic heterocycles. The van der Waals surface area contributed by atoms with Gasteiger partial charge in [0.2, 0.25) is 17.6 Å². The summed E-state index contributed by atoms with van der Waals surface area (Å²) in [6.07, 6.45) is 6.36. The molecule has 2 heterocycles. The first-order valence-corrected chi connectivity index (χ1v) is 17.8. The Morgan fingerprint density at radius 3 is 2.35 bits per heavy atom. The molecule has 0 spiro atoms. The number of methoxy groups -OCH3 is 1. The number of alkyl halides is 1. The lowest BCUT2D eigenvalue weighted by molar-refractivity contribution is -0.142. The molecule has 1 aromatic carbocycles. The van der Waals surface area contributed by atoms with Crippen molar-refractivity contribution in [2.75, 3.05) is 32.3 Å². The van der Waals surface area contributed by atoms with E-state index in [-0.39, 0.29) is 48.0 Å².